The van der Waals surface area contributed by atoms with E-state index in [-0.39, 0.29) is 5.56 Å². The average Bonchev–Trinajstić information content (AvgIpc) is 2.41. The van der Waals surface area contributed by atoms with Gasteiger partial charge in [-0.3, -0.25) is 0 Å². The number of alkyl halides is 2. The summed E-state index contributed by atoms with van der Waals surface area (Å²) in [6, 6.07) is 4.03. The number of benzene rings is 1. The lowest BCUT2D eigenvalue weighted by Gasteiger charge is -2.09. The lowest BCUT2D eigenvalue weighted by Crippen LogP contribution is -2.06. The molecule has 0 saturated carbocycles. The van der Waals surface area contributed by atoms with Gasteiger partial charge in [0.05, 0.1) is 11.0 Å². The van der Waals surface area contributed by atoms with Crippen molar-refractivity contribution in [3.8, 4) is 0 Å². The van der Waals surface area contributed by atoms with Crippen molar-refractivity contribution in [1.29, 1.82) is 0 Å². The molecule has 2 N–H and O–H groups in total. The van der Waals surface area contributed by atoms with E-state index in [1.165, 1.54) is 18.2 Å². The molecule has 0 fully saturated rings. The van der Waals surface area contributed by atoms with E-state index in [2.05, 4.69) is 9.97 Å². The molecule has 74 valence electrons. The first-order chi connectivity index (χ1) is 6.47. The molecule has 0 spiro atoms. The Morgan fingerprint density at radius 3 is 2.50 bits per heavy atom. The predicted octanol–water partition coefficient (Wildman–Crippen LogP) is 1.97. The SMILES string of the molecule is CC(F)(F)c1ccc2[nH]c(=O)[nH]c2c1. The Hall–Kier alpha value is -1.65. The quantitative estimate of drug-likeness (QED) is 0.723. The van der Waals surface area contributed by atoms with Gasteiger partial charge >= 0.3 is 5.69 Å². The van der Waals surface area contributed by atoms with Crippen LogP contribution in [0.5, 0.6) is 0 Å². The van der Waals surface area contributed by atoms with Crippen LogP contribution in [0.15, 0.2) is 23.0 Å². The van der Waals surface area contributed by atoms with Crippen LogP contribution in [0.1, 0.15) is 12.5 Å². The molecular formula is C9H8F2N2O. The van der Waals surface area contributed by atoms with Crippen molar-refractivity contribution in [2.75, 3.05) is 0 Å². The highest BCUT2D eigenvalue weighted by atomic mass is 19.3. The number of aromatic nitrogens is 2. The van der Waals surface area contributed by atoms with Crippen molar-refractivity contribution >= 4 is 11.0 Å². The monoisotopic (exact) mass is 198 g/mol. The molecule has 0 radical (unpaired) electrons. The Morgan fingerprint density at radius 2 is 1.86 bits per heavy atom. The van der Waals surface area contributed by atoms with Crippen LogP contribution < -0.4 is 5.69 Å². The highest BCUT2D eigenvalue weighted by Gasteiger charge is 2.24. The summed E-state index contributed by atoms with van der Waals surface area (Å²) in [5.74, 6) is -2.89. The van der Waals surface area contributed by atoms with Gasteiger partial charge in [-0.1, -0.05) is 6.07 Å². The lowest BCUT2D eigenvalue weighted by molar-refractivity contribution is 0.0176. The molecule has 0 unspecified atom stereocenters. The van der Waals surface area contributed by atoms with Crippen LogP contribution in [0.25, 0.3) is 11.0 Å². The molecule has 0 amide bonds. The molecule has 1 aromatic carbocycles. The van der Waals surface area contributed by atoms with Gasteiger partial charge in [-0.25, -0.2) is 13.6 Å². The number of nitrogens with one attached hydrogen (secondary N) is 2. The third kappa shape index (κ3) is 1.41. The lowest BCUT2D eigenvalue weighted by atomic mass is 10.1. The Balaban J connectivity index is 2.67. The van der Waals surface area contributed by atoms with Gasteiger partial charge in [0.2, 0.25) is 0 Å². The van der Waals surface area contributed by atoms with Crippen molar-refractivity contribution in [1.82, 2.24) is 9.97 Å². The Labute approximate surface area is 77.8 Å². The van der Waals surface area contributed by atoms with Gasteiger partial charge in [-0.05, 0) is 12.1 Å². The smallest absolute Gasteiger partial charge is 0.306 e. The summed E-state index contributed by atoms with van der Waals surface area (Å²) in [6.45, 7) is 0.818. The molecule has 0 aliphatic heterocycles. The van der Waals surface area contributed by atoms with Gasteiger partial charge in [0.15, 0.2) is 0 Å². The molecule has 3 nitrogen and oxygen atoms in total. The molecular weight excluding hydrogens is 190 g/mol. The maximum atomic E-state index is 12.9. The first-order valence-electron chi connectivity index (χ1n) is 4.07. The Kier molecular flexibility index (Phi) is 1.70. The van der Waals surface area contributed by atoms with Crippen molar-refractivity contribution in [2.24, 2.45) is 0 Å². The summed E-state index contributed by atoms with van der Waals surface area (Å²) < 4.78 is 25.8. The van der Waals surface area contributed by atoms with E-state index < -0.39 is 11.6 Å². The molecule has 2 rings (SSSR count). The summed E-state index contributed by atoms with van der Waals surface area (Å²) in [7, 11) is 0. The fourth-order valence-electron chi connectivity index (χ4n) is 1.31. The van der Waals surface area contributed by atoms with E-state index in [0.717, 1.165) is 6.92 Å². The molecule has 0 aliphatic rings. The second-order valence-corrected chi connectivity index (χ2v) is 3.23. The number of aromatic amines is 2. The predicted molar refractivity (Wildman–Crippen MR) is 48.5 cm³/mol. The molecule has 5 heteroatoms. The van der Waals surface area contributed by atoms with Crippen LogP contribution in [0, 0.1) is 0 Å². The van der Waals surface area contributed by atoms with Crippen molar-refractivity contribution in [2.45, 2.75) is 12.8 Å². The molecule has 1 heterocycles. The fraction of sp³-hybridized carbons (Fsp3) is 0.222. The van der Waals surface area contributed by atoms with Crippen LogP contribution in [0.3, 0.4) is 0 Å². The highest BCUT2D eigenvalue weighted by molar-refractivity contribution is 5.75. The van der Waals surface area contributed by atoms with Crippen LogP contribution >= 0.6 is 0 Å². The van der Waals surface area contributed by atoms with E-state index in [9.17, 15) is 13.6 Å². The largest absolute Gasteiger partial charge is 0.323 e. The van der Waals surface area contributed by atoms with E-state index in [4.69, 9.17) is 0 Å². The maximum Gasteiger partial charge on any atom is 0.323 e. The first kappa shape index (κ1) is 8.93. The second-order valence-electron chi connectivity index (χ2n) is 3.23. The zero-order chi connectivity index (χ0) is 10.3. The summed E-state index contributed by atoms with van der Waals surface area (Å²) >= 11 is 0. The number of fused-ring (bicyclic) bond motifs is 1. The molecule has 1 aromatic heterocycles. The number of hydrogen-bond acceptors (Lipinski definition) is 1. The van der Waals surface area contributed by atoms with Crippen LogP contribution in [-0.2, 0) is 5.92 Å². The minimum absolute atomic E-state index is 0.111. The topological polar surface area (TPSA) is 48.6 Å². The normalized spacial score (nSPS) is 12.2. The van der Waals surface area contributed by atoms with Gasteiger partial charge in [0.1, 0.15) is 0 Å². The highest BCUT2D eigenvalue weighted by Crippen LogP contribution is 2.28. The van der Waals surface area contributed by atoms with Crippen molar-refractivity contribution in [3.63, 3.8) is 0 Å². The average molecular weight is 198 g/mol. The third-order valence-corrected chi connectivity index (χ3v) is 2.02. The van der Waals surface area contributed by atoms with E-state index in [1.54, 1.807) is 0 Å². The van der Waals surface area contributed by atoms with E-state index in [1.807, 2.05) is 0 Å². The number of H-pyrrole nitrogens is 2. The number of rotatable bonds is 1. The summed E-state index contributed by atoms with van der Waals surface area (Å²) in [4.78, 5) is 15.8. The molecule has 0 aliphatic carbocycles. The van der Waals surface area contributed by atoms with Gasteiger partial charge in [0.25, 0.3) is 5.92 Å². The van der Waals surface area contributed by atoms with Gasteiger partial charge < -0.3 is 9.97 Å². The van der Waals surface area contributed by atoms with Crippen molar-refractivity contribution < 1.29 is 8.78 Å². The number of imidazole rings is 1. The Morgan fingerprint density at radius 1 is 1.21 bits per heavy atom. The zero-order valence-electron chi connectivity index (χ0n) is 7.40. The maximum absolute atomic E-state index is 12.9. The van der Waals surface area contributed by atoms with Crippen LogP contribution in [0.4, 0.5) is 8.78 Å². The molecule has 2 aromatic rings. The zero-order valence-corrected chi connectivity index (χ0v) is 7.40. The Bertz CT molecular complexity index is 521. The molecule has 14 heavy (non-hydrogen) atoms. The standard InChI is InChI=1S/C9H8F2N2O/c1-9(10,11)5-2-3-6-7(4-5)13-8(14)12-6/h2-4H,1H3,(H2,12,13,14). The van der Waals surface area contributed by atoms with E-state index in [0.29, 0.717) is 11.0 Å². The summed E-state index contributed by atoms with van der Waals surface area (Å²) in [5, 5.41) is 0. The van der Waals surface area contributed by atoms with Gasteiger partial charge in [-0.2, -0.15) is 0 Å². The number of halogens is 2. The minimum Gasteiger partial charge on any atom is -0.306 e. The van der Waals surface area contributed by atoms with E-state index >= 15 is 0 Å². The summed E-state index contributed by atoms with van der Waals surface area (Å²) in [6.07, 6.45) is 0. The molecule has 0 atom stereocenters. The van der Waals surface area contributed by atoms with Gasteiger partial charge in [0, 0.05) is 12.5 Å². The minimum atomic E-state index is -2.89. The third-order valence-electron chi connectivity index (χ3n) is 2.02. The fourth-order valence-corrected chi connectivity index (χ4v) is 1.31. The van der Waals surface area contributed by atoms with Crippen molar-refractivity contribution in [3.05, 3.63) is 34.2 Å². The van der Waals surface area contributed by atoms with Crippen LogP contribution in [-0.4, -0.2) is 9.97 Å². The number of hydrogen-bond donors (Lipinski definition) is 2. The summed E-state index contributed by atoms with van der Waals surface area (Å²) in [5.41, 5.74) is 0.425. The molecule has 0 bridgehead atoms. The van der Waals surface area contributed by atoms with Crippen LogP contribution in [0.2, 0.25) is 0 Å². The molecule has 0 saturated heterocycles. The first-order valence-corrected chi connectivity index (χ1v) is 4.07. The second kappa shape index (κ2) is 2.67. The van der Waals surface area contributed by atoms with Gasteiger partial charge in [-0.15, -0.1) is 0 Å².